The molecule has 114 valence electrons. The van der Waals surface area contributed by atoms with Gasteiger partial charge in [-0.3, -0.25) is 0 Å². The van der Waals surface area contributed by atoms with Crippen LogP contribution in [0.15, 0.2) is 11.5 Å². The van der Waals surface area contributed by atoms with Gasteiger partial charge in [0.25, 0.3) is 0 Å². The third kappa shape index (κ3) is 23.1. The first kappa shape index (κ1) is 20.9. The second-order valence-electron chi connectivity index (χ2n) is 4.93. The van der Waals surface area contributed by atoms with Gasteiger partial charge in [0.2, 0.25) is 0 Å². The van der Waals surface area contributed by atoms with Crippen molar-refractivity contribution in [1.29, 1.82) is 0 Å². The molecule has 0 aromatic rings. The van der Waals surface area contributed by atoms with E-state index in [2.05, 4.69) is 33.1 Å². The maximum atomic E-state index is 9.52. The van der Waals surface area contributed by atoms with Crippen LogP contribution in [-0.4, -0.2) is 11.1 Å². The molecular weight excluding hydrogens is 256 g/mol. The molecule has 0 spiro atoms. The van der Waals surface area contributed by atoms with Gasteiger partial charge in [-0.15, -0.1) is 12.6 Å². The van der Waals surface area contributed by atoms with Crippen LogP contribution in [0, 0.1) is 0 Å². The second kappa shape index (κ2) is 17.6. The fourth-order valence-corrected chi connectivity index (χ4v) is 1.74. The molecule has 0 amide bonds. The first-order chi connectivity index (χ1) is 9.06. The molecule has 0 aromatic carbocycles. The highest BCUT2D eigenvalue weighted by molar-refractivity contribution is 7.85. The summed E-state index contributed by atoms with van der Waals surface area (Å²) in [6.07, 6.45) is 15.9. The third-order valence-corrected chi connectivity index (χ3v) is 3.15. The molecule has 19 heavy (non-hydrogen) atoms. The second-order valence-corrected chi connectivity index (χ2v) is 5.47. The van der Waals surface area contributed by atoms with Crippen molar-refractivity contribution < 1.29 is 9.90 Å². The highest BCUT2D eigenvalue weighted by Gasteiger charge is 1.92. The van der Waals surface area contributed by atoms with Crippen LogP contribution in [0.4, 0.5) is 0 Å². The van der Waals surface area contributed by atoms with E-state index in [0.29, 0.717) is 0 Å². The van der Waals surface area contributed by atoms with Gasteiger partial charge in [-0.2, -0.15) is 0 Å². The van der Waals surface area contributed by atoms with Crippen molar-refractivity contribution in [3.05, 3.63) is 11.5 Å². The molecule has 0 radical (unpaired) electrons. The van der Waals surface area contributed by atoms with Crippen molar-refractivity contribution in [1.82, 2.24) is 0 Å². The lowest BCUT2D eigenvalue weighted by atomic mass is 10.1. The predicted octanol–water partition coefficient (Wildman–Crippen LogP) is 5.83. The Balaban J connectivity index is 0. The normalized spacial score (nSPS) is 9.63. The minimum atomic E-state index is -1.07. The van der Waals surface area contributed by atoms with E-state index < -0.39 is 5.97 Å². The lowest BCUT2D eigenvalue weighted by Gasteiger charge is -2.00. The van der Waals surface area contributed by atoms with Gasteiger partial charge in [0.05, 0.1) is 4.91 Å². The average molecular weight is 288 g/mol. The predicted molar refractivity (Wildman–Crippen MR) is 87.9 cm³/mol. The van der Waals surface area contributed by atoms with E-state index in [1.807, 2.05) is 0 Å². The highest BCUT2D eigenvalue weighted by atomic mass is 32.1. The fourth-order valence-electron chi connectivity index (χ4n) is 1.74. The molecule has 0 saturated heterocycles. The van der Waals surface area contributed by atoms with E-state index in [1.165, 1.54) is 70.6 Å². The van der Waals surface area contributed by atoms with E-state index in [-0.39, 0.29) is 4.91 Å². The van der Waals surface area contributed by atoms with Crippen LogP contribution in [0.2, 0.25) is 0 Å². The van der Waals surface area contributed by atoms with Crippen LogP contribution in [0.3, 0.4) is 0 Å². The zero-order valence-corrected chi connectivity index (χ0v) is 13.7. The van der Waals surface area contributed by atoms with E-state index in [0.717, 1.165) is 0 Å². The number of carboxylic acid groups (broad SMARTS) is 1. The largest absolute Gasteiger partial charge is 0.477 e. The molecule has 0 rings (SSSR count). The Bertz CT molecular complexity index is 193. The van der Waals surface area contributed by atoms with E-state index in [1.54, 1.807) is 0 Å². The van der Waals surface area contributed by atoms with Crippen molar-refractivity contribution >= 4 is 18.6 Å². The van der Waals surface area contributed by atoms with Crippen molar-refractivity contribution in [2.75, 3.05) is 0 Å². The molecular formula is C16H32O2S. The van der Waals surface area contributed by atoms with Crippen LogP contribution in [0.1, 0.15) is 84.5 Å². The van der Waals surface area contributed by atoms with Crippen LogP contribution in [0.5, 0.6) is 0 Å². The quantitative estimate of drug-likeness (QED) is 0.285. The molecule has 2 nitrogen and oxygen atoms in total. The minimum Gasteiger partial charge on any atom is -0.477 e. The summed E-state index contributed by atoms with van der Waals surface area (Å²) >= 11 is 3.40. The van der Waals surface area contributed by atoms with Crippen LogP contribution in [-0.2, 0) is 4.79 Å². The van der Waals surface area contributed by atoms with Crippen LogP contribution >= 0.6 is 12.6 Å². The molecule has 1 N–H and O–H groups in total. The molecule has 0 aliphatic carbocycles. The van der Waals surface area contributed by atoms with Gasteiger partial charge in [0, 0.05) is 0 Å². The highest BCUT2D eigenvalue weighted by Crippen LogP contribution is 2.10. The Labute approximate surface area is 125 Å². The van der Waals surface area contributed by atoms with Gasteiger partial charge in [-0.05, 0) is 0 Å². The zero-order valence-electron chi connectivity index (χ0n) is 12.8. The number of hydrogen-bond donors (Lipinski definition) is 2. The number of hydrogen-bond acceptors (Lipinski definition) is 2. The van der Waals surface area contributed by atoms with Gasteiger partial charge < -0.3 is 5.11 Å². The van der Waals surface area contributed by atoms with Crippen molar-refractivity contribution in [3.63, 3.8) is 0 Å². The van der Waals surface area contributed by atoms with Crippen molar-refractivity contribution in [3.8, 4) is 0 Å². The summed E-state index contributed by atoms with van der Waals surface area (Å²) in [6.45, 7) is 7.58. The molecule has 0 aromatic heterocycles. The number of rotatable bonds is 11. The van der Waals surface area contributed by atoms with Crippen molar-refractivity contribution in [2.45, 2.75) is 84.5 Å². The van der Waals surface area contributed by atoms with Gasteiger partial charge in [0.15, 0.2) is 0 Å². The molecule has 0 aliphatic heterocycles. The third-order valence-electron chi connectivity index (χ3n) is 2.95. The summed E-state index contributed by atoms with van der Waals surface area (Å²) < 4.78 is 0. The van der Waals surface area contributed by atoms with Crippen LogP contribution in [0.25, 0.3) is 0 Å². The summed E-state index contributed by atoms with van der Waals surface area (Å²) in [5.41, 5.74) is 0. The van der Waals surface area contributed by atoms with E-state index in [9.17, 15) is 4.79 Å². The topological polar surface area (TPSA) is 37.3 Å². The number of carboxylic acids is 1. The van der Waals surface area contributed by atoms with Crippen molar-refractivity contribution in [2.24, 2.45) is 0 Å². The molecule has 0 heterocycles. The van der Waals surface area contributed by atoms with Gasteiger partial charge >= 0.3 is 5.97 Å². The molecule has 0 atom stereocenters. The van der Waals surface area contributed by atoms with Crippen LogP contribution < -0.4 is 0 Å². The Kier molecular flexibility index (Phi) is 19.3. The fraction of sp³-hybridized carbons (Fsp3) is 0.812. The number of unbranched alkanes of at least 4 members (excludes halogenated alkanes) is 10. The van der Waals surface area contributed by atoms with E-state index >= 15 is 0 Å². The van der Waals surface area contributed by atoms with E-state index in [4.69, 9.17) is 5.11 Å². The first-order valence-corrected chi connectivity index (χ1v) is 8.12. The standard InChI is InChI=1S/C13H28.C3H4O2S/c1-3-5-7-9-11-13-12-10-8-6-4-2;1-2(6)3(4)5/h3-13H2,1-2H3;6H,1H2,(H,4,5). The Hall–Kier alpha value is -0.440. The van der Waals surface area contributed by atoms with Gasteiger partial charge in [0.1, 0.15) is 0 Å². The molecule has 3 heteroatoms. The number of thiol groups is 1. The number of aliphatic carboxylic acids is 1. The molecule has 0 fully saturated rings. The molecule has 0 bridgehead atoms. The van der Waals surface area contributed by atoms with Gasteiger partial charge in [-0.25, -0.2) is 4.79 Å². The Morgan fingerprint density at radius 1 is 0.842 bits per heavy atom. The molecule has 0 saturated carbocycles. The average Bonchev–Trinajstić information content (AvgIpc) is 2.37. The number of carbonyl (C=O) groups is 1. The monoisotopic (exact) mass is 288 g/mol. The zero-order chi connectivity index (χ0) is 14.9. The first-order valence-electron chi connectivity index (χ1n) is 7.67. The maximum absolute atomic E-state index is 9.52. The Morgan fingerprint density at radius 2 is 1.05 bits per heavy atom. The summed E-state index contributed by atoms with van der Waals surface area (Å²) in [4.78, 5) is 9.39. The lowest BCUT2D eigenvalue weighted by molar-refractivity contribution is -0.131. The smallest absolute Gasteiger partial charge is 0.341 e. The SMILES string of the molecule is C=C(S)C(=O)O.CCCCCCCCCCCCC. The lowest BCUT2D eigenvalue weighted by Crippen LogP contribution is -1.89. The summed E-state index contributed by atoms with van der Waals surface area (Å²) in [7, 11) is 0. The summed E-state index contributed by atoms with van der Waals surface area (Å²) in [5.74, 6) is -1.07. The molecule has 0 unspecified atom stereocenters. The minimum absolute atomic E-state index is 0.130. The van der Waals surface area contributed by atoms with Gasteiger partial charge in [-0.1, -0.05) is 91.1 Å². The maximum Gasteiger partial charge on any atom is 0.341 e. The molecule has 0 aliphatic rings. The Morgan fingerprint density at radius 3 is 1.21 bits per heavy atom. The summed E-state index contributed by atoms with van der Waals surface area (Å²) in [6, 6.07) is 0. The summed E-state index contributed by atoms with van der Waals surface area (Å²) in [5, 5.41) is 7.81.